The van der Waals surface area contributed by atoms with Gasteiger partial charge in [0.15, 0.2) is 6.54 Å². The van der Waals surface area contributed by atoms with E-state index in [1.807, 2.05) is 47.8 Å². The molecule has 0 aliphatic heterocycles. The Kier molecular flexibility index (Phi) is 7.09. The van der Waals surface area contributed by atoms with E-state index >= 15 is 0 Å². The van der Waals surface area contributed by atoms with Crippen LogP contribution in [-0.4, -0.2) is 19.6 Å². The van der Waals surface area contributed by atoms with Crippen molar-refractivity contribution in [1.82, 2.24) is 5.32 Å². The van der Waals surface area contributed by atoms with Crippen LogP contribution in [0, 0.1) is 0 Å². The van der Waals surface area contributed by atoms with Gasteiger partial charge in [-0.2, -0.15) is 0 Å². The van der Waals surface area contributed by atoms with Crippen LogP contribution in [0.3, 0.4) is 0 Å². The second kappa shape index (κ2) is 9.06. The number of nitrogens with two attached hydrogens (primary N) is 1. The number of nitrogens with one attached hydrogen (secondary N) is 1. The normalized spacial score (nSPS) is 11.8. The van der Waals surface area contributed by atoms with Crippen molar-refractivity contribution in [1.29, 1.82) is 0 Å². The van der Waals surface area contributed by atoms with E-state index in [9.17, 15) is 4.79 Å². The molecule has 24 heavy (non-hydrogen) atoms. The standard InChI is InChI=1S/C18H20BrClN2O2/c1-12(14-5-8-17(24-2)16(19)9-14)21-11-18(23)22-10-13-3-6-15(20)7-4-13/h3-9,12,21H,10-11H2,1-2H3,(H,22,23)/p+1/t12-/m0/s1. The summed E-state index contributed by atoms with van der Waals surface area (Å²) in [5.41, 5.74) is 2.16. The minimum Gasteiger partial charge on any atom is -0.496 e. The van der Waals surface area contributed by atoms with Crippen LogP contribution in [-0.2, 0) is 11.3 Å². The van der Waals surface area contributed by atoms with Gasteiger partial charge in [0.2, 0.25) is 0 Å². The molecular weight excluding hydrogens is 392 g/mol. The van der Waals surface area contributed by atoms with Crippen LogP contribution in [0.1, 0.15) is 24.1 Å². The molecule has 0 bridgehead atoms. The highest BCUT2D eigenvalue weighted by Gasteiger charge is 2.13. The Morgan fingerprint density at radius 1 is 1.29 bits per heavy atom. The van der Waals surface area contributed by atoms with Gasteiger partial charge in [0.1, 0.15) is 11.8 Å². The molecule has 0 fully saturated rings. The third-order valence-corrected chi connectivity index (χ3v) is 4.63. The number of rotatable bonds is 7. The van der Waals surface area contributed by atoms with Gasteiger partial charge in [-0.05, 0) is 58.7 Å². The molecule has 2 aromatic rings. The number of quaternary nitrogens is 1. The minimum absolute atomic E-state index is 0.00405. The van der Waals surface area contributed by atoms with E-state index in [0.29, 0.717) is 18.1 Å². The molecule has 0 radical (unpaired) electrons. The van der Waals surface area contributed by atoms with E-state index in [0.717, 1.165) is 21.3 Å². The first-order chi connectivity index (χ1) is 11.5. The quantitative estimate of drug-likeness (QED) is 0.734. The lowest BCUT2D eigenvalue weighted by molar-refractivity contribution is -0.682. The maximum absolute atomic E-state index is 12.0. The van der Waals surface area contributed by atoms with Gasteiger partial charge in [-0.1, -0.05) is 23.7 Å². The molecule has 0 aromatic heterocycles. The number of carbonyl (C=O) groups is 1. The van der Waals surface area contributed by atoms with Crippen molar-refractivity contribution < 1.29 is 14.8 Å². The van der Waals surface area contributed by atoms with Crippen molar-refractivity contribution >= 4 is 33.4 Å². The lowest BCUT2D eigenvalue weighted by Gasteiger charge is -2.13. The first-order valence-corrected chi connectivity index (χ1v) is 8.84. The van der Waals surface area contributed by atoms with Gasteiger partial charge in [0.05, 0.1) is 11.6 Å². The average Bonchev–Trinajstić information content (AvgIpc) is 2.59. The Bertz CT molecular complexity index is 692. The van der Waals surface area contributed by atoms with Gasteiger partial charge in [-0.25, -0.2) is 0 Å². The molecule has 2 aromatic carbocycles. The van der Waals surface area contributed by atoms with E-state index in [1.54, 1.807) is 7.11 Å². The molecule has 128 valence electrons. The number of benzene rings is 2. The number of amides is 1. The number of halogens is 2. The predicted molar refractivity (Wildman–Crippen MR) is 99.2 cm³/mol. The average molecular weight is 413 g/mol. The summed E-state index contributed by atoms with van der Waals surface area (Å²) in [7, 11) is 1.64. The largest absolute Gasteiger partial charge is 0.496 e. The molecule has 0 unspecified atom stereocenters. The van der Waals surface area contributed by atoms with Crippen LogP contribution < -0.4 is 15.4 Å². The molecule has 0 spiro atoms. The number of methoxy groups -OCH3 is 1. The minimum atomic E-state index is 0.00405. The third-order valence-electron chi connectivity index (χ3n) is 3.76. The maximum Gasteiger partial charge on any atom is 0.275 e. The Morgan fingerprint density at radius 3 is 2.62 bits per heavy atom. The second-order valence-electron chi connectivity index (χ2n) is 5.53. The lowest BCUT2D eigenvalue weighted by atomic mass is 10.1. The molecule has 1 amide bonds. The lowest BCUT2D eigenvalue weighted by Crippen LogP contribution is -2.87. The fourth-order valence-electron chi connectivity index (χ4n) is 2.26. The summed E-state index contributed by atoms with van der Waals surface area (Å²) in [6.07, 6.45) is 0. The van der Waals surface area contributed by atoms with E-state index < -0.39 is 0 Å². The fourth-order valence-corrected chi connectivity index (χ4v) is 2.95. The highest BCUT2D eigenvalue weighted by molar-refractivity contribution is 9.10. The SMILES string of the molecule is COc1ccc([C@H](C)[NH2+]CC(=O)NCc2ccc(Cl)cc2)cc1Br. The highest BCUT2D eigenvalue weighted by atomic mass is 79.9. The smallest absolute Gasteiger partial charge is 0.275 e. The summed E-state index contributed by atoms with van der Waals surface area (Å²) in [4.78, 5) is 12.0. The van der Waals surface area contributed by atoms with Crippen LogP contribution in [0.4, 0.5) is 0 Å². The predicted octanol–water partition coefficient (Wildman–Crippen LogP) is 3.05. The van der Waals surface area contributed by atoms with Crippen LogP contribution >= 0.6 is 27.5 Å². The fraction of sp³-hybridized carbons (Fsp3) is 0.278. The van der Waals surface area contributed by atoms with E-state index in [1.165, 1.54) is 0 Å². The summed E-state index contributed by atoms with van der Waals surface area (Å²) >= 11 is 9.33. The van der Waals surface area contributed by atoms with Gasteiger partial charge in [-0.3, -0.25) is 4.79 Å². The highest BCUT2D eigenvalue weighted by Crippen LogP contribution is 2.27. The van der Waals surface area contributed by atoms with Crippen molar-refractivity contribution in [2.24, 2.45) is 0 Å². The van der Waals surface area contributed by atoms with Crippen molar-refractivity contribution in [3.8, 4) is 5.75 Å². The monoisotopic (exact) mass is 411 g/mol. The summed E-state index contributed by atoms with van der Waals surface area (Å²) in [6, 6.07) is 13.6. The topological polar surface area (TPSA) is 54.9 Å². The Balaban J connectivity index is 1.80. The summed E-state index contributed by atoms with van der Waals surface area (Å²) in [6.45, 7) is 2.95. The number of hydrogen-bond acceptors (Lipinski definition) is 2. The van der Waals surface area contributed by atoms with Crippen LogP contribution in [0.15, 0.2) is 46.9 Å². The molecule has 6 heteroatoms. The molecule has 2 rings (SSSR count). The molecule has 0 aliphatic carbocycles. The zero-order valence-corrected chi connectivity index (χ0v) is 16.0. The van der Waals surface area contributed by atoms with E-state index in [4.69, 9.17) is 16.3 Å². The summed E-state index contributed by atoms with van der Waals surface area (Å²) in [5, 5.41) is 5.61. The molecule has 0 saturated heterocycles. The van der Waals surface area contributed by atoms with Crippen LogP contribution in [0.25, 0.3) is 0 Å². The zero-order chi connectivity index (χ0) is 17.5. The molecule has 0 heterocycles. The van der Waals surface area contributed by atoms with E-state index in [-0.39, 0.29) is 11.9 Å². The van der Waals surface area contributed by atoms with Crippen molar-refractivity contribution in [2.45, 2.75) is 19.5 Å². The van der Waals surface area contributed by atoms with Crippen molar-refractivity contribution in [3.05, 3.63) is 63.1 Å². The molecule has 1 atom stereocenters. The van der Waals surface area contributed by atoms with Crippen LogP contribution in [0.5, 0.6) is 5.75 Å². The van der Waals surface area contributed by atoms with Crippen molar-refractivity contribution in [2.75, 3.05) is 13.7 Å². The van der Waals surface area contributed by atoms with Gasteiger partial charge >= 0.3 is 0 Å². The zero-order valence-electron chi connectivity index (χ0n) is 13.7. The maximum atomic E-state index is 12.0. The molecule has 4 nitrogen and oxygen atoms in total. The van der Waals surface area contributed by atoms with Gasteiger partial charge in [0, 0.05) is 17.1 Å². The second-order valence-corrected chi connectivity index (χ2v) is 6.82. The van der Waals surface area contributed by atoms with E-state index in [2.05, 4.69) is 28.2 Å². The summed E-state index contributed by atoms with van der Waals surface area (Å²) < 4.78 is 6.14. The number of carbonyl (C=O) groups excluding carboxylic acids is 1. The van der Waals surface area contributed by atoms with Crippen LogP contribution in [0.2, 0.25) is 5.02 Å². The first kappa shape index (κ1) is 18.8. The molecular formula is C18H21BrClN2O2+. The van der Waals surface area contributed by atoms with Gasteiger partial charge < -0.3 is 15.4 Å². The Hall–Kier alpha value is -1.56. The van der Waals surface area contributed by atoms with Gasteiger partial charge in [0.25, 0.3) is 5.91 Å². The Morgan fingerprint density at radius 2 is 2.00 bits per heavy atom. The summed E-state index contributed by atoms with van der Waals surface area (Å²) in [5.74, 6) is 0.802. The molecule has 0 aliphatic rings. The van der Waals surface area contributed by atoms with Gasteiger partial charge in [-0.15, -0.1) is 0 Å². The molecule has 3 N–H and O–H groups in total. The van der Waals surface area contributed by atoms with Crippen molar-refractivity contribution in [3.63, 3.8) is 0 Å². The third kappa shape index (κ3) is 5.51. The molecule has 0 saturated carbocycles. The Labute approximate surface area is 155 Å². The first-order valence-electron chi connectivity index (χ1n) is 7.67. The number of ether oxygens (including phenoxy) is 1. The number of hydrogen-bond donors (Lipinski definition) is 2.